The van der Waals surface area contributed by atoms with Gasteiger partial charge in [-0.15, -0.1) is 0 Å². The highest BCUT2D eigenvalue weighted by Gasteiger charge is 2.25. The fraction of sp³-hybridized carbons (Fsp3) is 0.188. The van der Waals surface area contributed by atoms with Gasteiger partial charge in [-0.25, -0.2) is 13.6 Å². The first-order chi connectivity index (χ1) is 10.1. The van der Waals surface area contributed by atoms with Crippen LogP contribution in [-0.4, -0.2) is 12.6 Å². The van der Waals surface area contributed by atoms with Crippen LogP contribution in [0.2, 0.25) is 0 Å². The van der Waals surface area contributed by atoms with Crippen molar-refractivity contribution in [3.63, 3.8) is 0 Å². The molecule has 0 aliphatic rings. The fourth-order valence-corrected chi connectivity index (χ4v) is 1.93. The van der Waals surface area contributed by atoms with Gasteiger partial charge in [0.15, 0.2) is 6.04 Å². The molecule has 0 amide bonds. The minimum atomic E-state index is -1.03. The van der Waals surface area contributed by atoms with E-state index in [0.29, 0.717) is 5.69 Å². The molecular formula is C16H15F2NO2. The standard InChI is InChI=1S/C16H15F2NO2/c1-2-21-16(20)15(19-12-6-4-3-5-7-12)13-9-8-11(17)10-14(13)18/h3-10,15,19H,2H2,1H3. The van der Waals surface area contributed by atoms with Crippen LogP contribution in [0.5, 0.6) is 0 Å². The van der Waals surface area contributed by atoms with Crippen LogP contribution < -0.4 is 5.32 Å². The van der Waals surface area contributed by atoms with Gasteiger partial charge in [0.1, 0.15) is 11.6 Å². The van der Waals surface area contributed by atoms with Crippen LogP contribution in [0.15, 0.2) is 48.5 Å². The molecule has 2 rings (SSSR count). The van der Waals surface area contributed by atoms with Crippen LogP contribution in [-0.2, 0) is 9.53 Å². The molecule has 1 atom stereocenters. The number of ether oxygens (including phenoxy) is 1. The molecule has 0 aliphatic carbocycles. The molecule has 110 valence electrons. The first kappa shape index (κ1) is 15.0. The average Bonchev–Trinajstić information content (AvgIpc) is 2.47. The number of anilines is 1. The van der Waals surface area contributed by atoms with Crippen molar-refractivity contribution >= 4 is 11.7 Å². The third-order valence-corrected chi connectivity index (χ3v) is 2.88. The predicted molar refractivity (Wildman–Crippen MR) is 75.8 cm³/mol. The summed E-state index contributed by atoms with van der Waals surface area (Å²) in [4.78, 5) is 12.0. The Hall–Kier alpha value is -2.43. The molecule has 0 saturated heterocycles. The summed E-state index contributed by atoms with van der Waals surface area (Å²) in [6.07, 6.45) is 0. The van der Waals surface area contributed by atoms with Crippen molar-refractivity contribution in [3.05, 3.63) is 65.7 Å². The molecule has 0 spiro atoms. The lowest BCUT2D eigenvalue weighted by Crippen LogP contribution is -2.24. The second-order valence-corrected chi connectivity index (χ2v) is 4.36. The summed E-state index contributed by atoms with van der Waals surface area (Å²) in [7, 11) is 0. The normalized spacial score (nSPS) is 11.8. The SMILES string of the molecule is CCOC(=O)C(Nc1ccccc1)c1ccc(F)cc1F. The van der Waals surface area contributed by atoms with Crippen molar-refractivity contribution in [1.29, 1.82) is 0 Å². The van der Waals surface area contributed by atoms with Crippen molar-refractivity contribution < 1.29 is 18.3 Å². The predicted octanol–water partition coefficient (Wildman–Crippen LogP) is 3.68. The van der Waals surface area contributed by atoms with E-state index in [1.165, 1.54) is 6.07 Å². The van der Waals surface area contributed by atoms with Gasteiger partial charge in [0, 0.05) is 17.3 Å². The first-order valence-corrected chi connectivity index (χ1v) is 6.55. The Morgan fingerprint density at radius 1 is 1.19 bits per heavy atom. The van der Waals surface area contributed by atoms with E-state index in [0.717, 1.165) is 12.1 Å². The molecule has 1 unspecified atom stereocenters. The van der Waals surface area contributed by atoms with Crippen LogP contribution in [0.3, 0.4) is 0 Å². The third-order valence-electron chi connectivity index (χ3n) is 2.88. The Bertz CT molecular complexity index is 617. The number of hydrogen-bond acceptors (Lipinski definition) is 3. The topological polar surface area (TPSA) is 38.3 Å². The molecule has 21 heavy (non-hydrogen) atoms. The van der Waals surface area contributed by atoms with Crippen LogP contribution in [0.1, 0.15) is 18.5 Å². The number of esters is 1. The Kier molecular flexibility index (Phi) is 4.87. The number of hydrogen-bond donors (Lipinski definition) is 1. The smallest absolute Gasteiger partial charge is 0.333 e. The van der Waals surface area contributed by atoms with E-state index in [4.69, 9.17) is 4.74 Å². The Labute approximate surface area is 121 Å². The monoisotopic (exact) mass is 291 g/mol. The van der Waals surface area contributed by atoms with Crippen molar-refractivity contribution in [2.75, 3.05) is 11.9 Å². The molecule has 0 radical (unpaired) electrons. The van der Waals surface area contributed by atoms with Gasteiger partial charge in [-0.2, -0.15) is 0 Å². The zero-order chi connectivity index (χ0) is 15.2. The maximum Gasteiger partial charge on any atom is 0.333 e. The quantitative estimate of drug-likeness (QED) is 0.854. The minimum Gasteiger partial charge on any atom is -0.464 e. The number of carbonyl (C=O) groups excluding carboxylic acids is 1. The largest absolute Gasteiger partial charge is 0.464 e. The lowest BCUT2D eigenvalue weighted by molar-refractivity contribution is -0.144. The number of benzene rings is 2. The number of rotatable bonds is 5. The van der Waals surface area contributed by atoms with Gasteiger partial charge >= 0.3 is 5.97 Å². The number of carbonyl (C=O) groups is 1. The second kappa shape index (κ2) is 6.83. The van der Waals surface area contributed by atoms with Gasteiger partial charge in [-0.1, -0.05) is 24.3 Å². The maximum absolute atomic E-state index is 13.9. The average molecular weight is 291 g/mol. The summed E-state index contributed by atoms with van der Waals surface area (Å²) in [5.41, 5.74) is 0.679. The van der Waals surface area contributed by atoms with E-state index >= 15 is 0 Å². The van der Waals surface area contributed by atoms with Crippen molar-refractivity contribution in [1.82, 2.24) is 0 Å². The molecule has 2 aromatic carbocycles. The molecule has 0 fully saturated rings. The summed E-state index contributed by atoms with van der Waals surface area (Å²) in [5.74, 6) is -2.11. The lowest BCUT2D eigenvalue weighted by Gasteiger charge is -2.19. The zero-order valence-corrected chi connectivity index (χ0v) is 11.5. The fourth-order valence-electron chi connectivity index (χ4n) is 1.93. The molecule has 0 aliphatic heterocycles. The van der Waals surface area contributed by atoms with E-state index in [1.54, 1.807) is 31.2 Å². The molecule has 0 bridgehead atoms. The Morgan fingerprint density at radius 3 is 2.52 bits per heavy atom. The highest BCUT2D eigenvalue weighted by atomic mass is 19.1. The third kappa shape index (κ3) is 3.78. The van der Waals surface area contributed by atoms with Gasteiger partial charge in [0.25, 0.3) is 0 Å². The van der Waals surface area contributed by atoms with Crippen LogP contribution in [0, 0.1) is 11.6 Å². The van der Waals surface area contributed by atoms with Gasteiger partial charge in [-0.3, -0.25) is 0 Å². The number of para-hydroxylation sites is 1. The van der Waals surface area contributed by atoms with Gasteiger partial charge in [0.2, 0.25) is 0 Å². The summed E-state index contributed by atoms with van der Waals surface area (Å²) in [5, 5.41) is 2.90. The minimum absolute atomic E-state index is 0.0405. The van der Waals surface area contributed by atoms with E-state index in [1.807, 2.05) is 6.07 Å². The molecule has 0 heterocycles. The van der Waals surface area contributed by atoms with Gasteiger partial charge in [0.05, 0.1) is 6.61 Å². The zero-order valence-electron chi connectivity index (χ0n) is 11.5. The molecule has 3 nitrogen and oxygen atoms in total. The van der Waals surface area contributed by atoms with Crippen molar-refractivity contribution in [2.45, 2.75) is 13.0 Å². The summed E-state index contributed by atoms with van der Waals surface area (Å²) >= 11 is 0. The first-order valence-electron chi connectivity index (χ1n) is 6.55. The number of nitrogens with one attached hydrogen (secondary N) is 1. The molecule has 0 saturated carbocycles. The molecule has 5 heteroatoms. The van der Waals surface area contributed by atoms with Crippen molar-refractivity contribution in [3.8, 4) is 0 Å². The maximum atomic E-state index is 13.9. The van der Waals surface area contributed by atoms with Crippen molar-refractivity contribution in [2.24, 2.45) is 0 Å². The van der Waals surface area contributed by atoms with Gasteiger partial charge < -0.3 is 10.1 Å². The van der Waals surface area contributed by atoms with E-state index in [2.05, 4.69) is 5.32 Å². The van der Waals surface area contributed by atoms with Gasteiger partial charge in [-0.05, 0) is 25.1 Å². The Balaban J connectivity index is 2.33. The lowest BCUT2D eigenvalue weighted by atomic mass is 10.1. The number of halogens is 2. The van der Waals surface area contributed by atoms with E-state index in [9.17, 15) is 13.6 Å². The summed E-state index contributed by atoms with van der Waals surface area (Å²) in [6, 6.07) is 10.9. The van der Waals surface area contributed by atoms with E-state index in [-0.39, 0.29) is 12.2 Å². The molecule has 1 N–H and O–H groups in total. The molecular weight excluding hydrogens is 276 g/mol. The summed E-state index contributed by atoms with van der Waals surface area (Å²) < 4.78 is 31.9. The van der Waals surface area contributed by atoms with E-state index < -0.39 is 23.6 Å². The van der Waals surface area contributed by atoms with Crippen LogP contribution in [0.25, 0.3) is 0 Å². The second-order valence-electron chi connectivity index (χ2n) is 4.36. The highest BCUT2D eigenvalue weighted by molar-refractivity contribution is 5.81. The summed E-state index contributed by atoms with van der Waals surface area (Å²) in [6.45, 7) is 1.84. The molecule has 2 aromatic rings. The molecule has 0 aromatic heterocycles. The van der Waals surface area contributed by atoms with Crippen LogP contribution in [0.4, 0.5) is 14.5 Å². The Morgan fingerprint density at radius 2 is 1.90 bits per heavy atom. The highest BCUT2D eigenvalue weighted by Crippen LogP contribution is 2.24. The van der Waals surface area contributed by atoms with Crippen LogP contribution >= 0.6 is 0 Å².